The van der Waals surface area contributed by atoms with E-state index in [2.05, 4.69) is 17.6 Å². The summed E-state index contributed by atoms with van der Waals surface area (Å²) in [4.78, 5) is 12.1. The minimum Gasteiger partial charge on any atom is -0.497 e. The minimum absolute atomic E-state index is 0.126. The average molecular weight is 288 g/mol. The van der Waals surface area contributed by atoms with Crippen LogP contribution in [0.1, 0.15) is 32.6 Å². The topological polar surface area (TPSA) is 50.4 Å². The number of hydrogen-bond donors (Lipinski definition) is 2. The standard InChI is InChI=1S/C17H24N2O2/c1-11(16-9-12-6-7-13(16)8-12)18-17(20)19-14-4-3-5-15(10-14)21-2/h3-5,10-13,16H,6-9H2,1-2H3,(H2,18,19,20)/t11-,12-,13-,16-/m0/s1. The first-order valence-corrected chi connectivity index (χ1v) is 7.87. The number of fused-ring (bicyclic) bond motifs is 2. The van der Waals surface area contributed by atoms with Crippen molar-refractivity contribution in [3.05, 3.63) is 24.3 Å². The number of anilines is 1. The van der Waals surface area contributed by atoms with E-state index < -0.39 is 0 Å². The van der Waals surface area contributed by atoms with Crippen molar-refractivity contribution >= 4 is 11.7 Å². The molecule has 1 aromatic rings. The molecule has 2 N–H and O–H groups in total. The fourth-order valence-corrected chi connectivity index (χ4v) is 4.09. The maximum atomic E-state index is 12.1. The van der Waals surface area contributed by atoms with Crippen LogP contribution in [0.3, 0.4) is 0 Å². The summed E-state index contributed by atoms with van der Waals surface area (Å²) in [6, 6.07) is 7.53. The van der Waals surface area contributed by atoms with Gasteiger partial charge in [-0.05, 0) is 56.1 Å². The van der Waals surface area contributed by atoms with Crippen molar-refractivity contribution in [1.82, 2.24) is 5.32 Å². The summed E-state index contributed by atoms with van der Waals surface area (Å²) in [7, 11) is 1.62. The van der Waals surface area contributed by atoms with E-state index in [1.165, 1.54) is 25.7 Å². The van der Waals surface area contributed by atoms with Gasteiger partial charge in [0, 0.05) is 17.8 Å². The van der Waals surface area contributed by atoms with Gasteiger partial charge in [0.15, 0.2) is 0 Å². The number of nitrogens with one attached hydrogen (secondary N) is 2. The van der Waals surface area contributed by atoms with Crippen molar-refractivity contribution in [2.24, 2.45) is 17.8 Å². The molecule has 0 saturated heterocycles. The number of carbonyl (C=O) groups excluding carboxylic acids is 1. The molecular weight excluding hydrogens is 264 g/mol. The molecule has 0 radical (unpaired) electrons. The lowest BCUT2D eigenvalue weighted by Gasteiger charge is -2.28. The SMILES string of the molecule is COc1cccc(NC(=O)N[C@@H](C)[C@@H]2C[C@H]3CC[C@H]2C3)c1. The minimum atomic E-state index is -0.126. The van der Waals surface area contributed by atoms with E-state index in [4.69, 9.17) is 4.74 Å². The molecule has 3 rings (SSSR count). The van der Waals surface area contributed by atoms with E-state index in [1.54, 1.807) is 7.11 Å². The summed E-state index contributed by atoms with van der Waals surface area (Å²) < 4.78 is 5.16. The highest BCUT2D eigenvalue weighted by molar-refractivity contribution is 5.89. The third-order valence-electron chi connectivity index (χ3n) is 5.12. The highest BCUT2D eigenvalue weighted by Crippen LogP contribution is 2.49. The number of methoxy groups -OCH3 is 1. The van der Waals surface area contributed by atoms with Crippen LogP contribution in [-0.4, -0.2) is 19.2 Å². The molecule has 2 aliphatic carbocycles. The highest BCUT2D eigenvalue weighted by atomic mass is 16.5. The molecule has 2 bridgehead atoms. The Morgan fingerprint density at radius 1 is 1.33 bits per heavy atom. The Labute approximate surface area is 126 Å². The number of carbonyl (C=O) groups is 1. The summed E-state index contributed by atoms with van der Waals surface area (Å²) in [5, 5.41) is 5.99. The third kappa shape index (κ3) is 3.14. The van der Waals surface area contributed by atoms with Crippen LogP contribution in [0.25, 0.3) is 0 Å². The van der Waals surface area contributed by atoms with Crippen molar-refractivity contribution in [3.63, 3.8) is 0 Å². The second-order valence-electron chi connectivity index (χ2n) is 6.46. The summed E-state index contributed by atoms with van der Waals surface area (Å²) in [6.45, 7) is 2.14. The molecule has 114 valence electrons. The predicted molar refractivity (Wildman–Crippen MR) is 83.5 cm³/mol. The van der Waals surface area contributed by atoms with Crippen LogP contribution in [0.2, 0.25) is 0 Å². The first-order valence-electron chi connectivity index (χ1n) is 7.87. The lowest BCUT2D eigenvalue weighted by molar-refractivity contribution is 0.230. The first-order chi connectivity index (χ1) is 10.2. The first kappa shape index (κ1) is 14.2. The maximum absolute atomic E-state index is 12.1. The third-order valence-corrected chi connectivity index (χ3v) is 5.12. The molecule has 0 heterocycles. The number of rotatable bonds is 4. The van der Waals surface area contributed by atoms with Gasteiger partial charge in [-0.25, -0.2) is 4.79 Å². The largest absolute Gasteiger partial charge is 0.497 e. The zero-order chi connectivity index (χ0) is 14.8. The fourth-order valence-electron chi connectivity index (χ4n) is 4.09. The van der Waals surface area contributed by atoms with Crippen LogP contribution in [0.15, 0.2) is 24.3 Å². The van der Waals surface area contributed by atoms with Crippen molar-refractivity contribution in [2.45, 2.75) is 38.6 Å². The number of urea groups is 1. The maximum Gasteiger partial charge on any atom is 0.319 e. The van der Waals surface area contributed by atoms with Crippen molar-refractivity contribution in [3.8, 4) is 5.75 Å². The molecule has 4 atom stereocenters. The van der Waals surface area contributed by atoms with E-state index in [0.717, 1.165) is 23.3 Å². The van der Waals surface area contributed by atoms with Gasteiger partial charge >= 0.3 is 6.03 Å². The van der Waals surface area contributed by atoms with Crippen LogP contribution in [-0.2, 0) is 0 Å². The van der Waals surface area contributed by atoms with Crippen LogP contribution in [0, 0.1) is 17.8 Å². The van der Waals surface area contributed by atoms with Gasteiger partial charge in [-0.2, -0.15) is 0 Å². The van der Waals surface area contributed by atoms with Gasteiger partial charge in [-0.1, -0.05) is 12.5 Å². The number of amides is 2. The van der Waals surface area contributed by atoms with Gasteiger partial charge in [0.1, 0.15) is 5.75 Å². The second kappa shape index (κ2) is 5.96. The van der Waals surface area contributed by atoms with Crippen LogP contribution in [0.5, 0.6) is 5.75 Å². The Balaban J connectivity index is 1.53. The molecule has 0 aromatic heterocycles. The lowest BCUT2D eigenvalue weighted by Crippen LogP contribution is -2.42. The van der Waals surface area contributed by atoms with Gasteiger partial charge in [-0.3, -0.25) is 0 Å². The van der Waals surface area contributed by atoms with E-state index in [1.807, 2.05) is 24.3 Å². The Hall–Kier alpha value is -1.71. The van der Waals surface area contributed by atoms with E-state index in [0.29, 0.717) is 5.92 Å². The normalized spacial score (nSPS) is 28.2. The molecule has 1 aromatic carbocycles. The molecule has 2 saturated carbocycles. The van der Waals surface area contributed by atoms with E-state index >= 15 is 0 Å². The molecule has 2 fully saturated rings. The predicted octanol–water partition coefficient (Wildman–Crippen LogP) is 3.64. The van der Waals surface area contributed by atoms with Gasteiger partial charge in [0.05, 0.1) is 7.11 Å². The number of ether oxygens (including phenoxy) is 1. The van der Waals surface area contributed by atoms with Crippen LogP contribution < -0.4 is 15.4 Å². The average Bonchev–Trinajstić information content (AvgIpc) is 3.10. The molecule has 2 aliphatic rings. The Morgan fingerprint density at radius 2 is 2.19 bits per heavy atom. The van der Waals surface area contributed by atoms with E-state index in [9.17, 15) is 4.79 Å². The Bertz CT molecular complexity index is 517. The van der Waals surface area contributed by atoms with Crippen LogP contribution in [0.4, 0.5) is 10.5 Å². The van der Waals surface area contributed by atoms with Gasteiger partial charge in [-0.15, -0.1) is 0 Å². The monoisotopic (exact) mass is 288 g/mol. The Morgan fingerprint density at radius 3 is 2.86 bits per heavy atom. The molecule has 2 amide bonds. The van der Waals surface area contributed by atoms with Gasteiger partial charge in [0.2, 0.25) is 0 Å². The van der Waals surface area contributed by atoms with Gasteiger partial charge in [0.25, 0.3) is 0 Å². The summed E-state index contributed by atoms with van der Waals surface area (Å²) in [5.41, 5.74) is 0.756. The lowest BCUT2D eigenvalue weighted by atomic mass is 9.84. The number of hydrogen-bond acceptors (Lipinski definition) is 2. The molecule has 0 aliphatic heterocycles. The molecule has 21 heavy (non-hydrogen) atoms. The van der Waals surface area contributed by atoms with Crippen molar-refractivity contribution < 1.29 is 9.53 Å². The second-order valence-corrected chi connectivity index (χ2v) is 6.46. The molecular formula is C17H24N2O2. The van der Waals surface area contributed by atoms with Crippen molar-refractivity contribution in [2.75, 3.05) is 12.4 Å². The van der Waals surface area contributed by atoms with Crippen LogP contribution >= 0.6 is 0 Å². The Kier molecular flexibility index (Phi) is 4.04. The smallest absolute Gasteiger partial charge is 0.319 e. The summed E-state index contributed by atoms with van der Waals surface area (Å²) in [6.07, 6.45) is 5.39. The zero-order valence-electron chi connectivity index (χ0n) is 12.8. The summed E-state index contributed by atoms with van der Waals surface area (Å²) >= 11 is 0. The van der Waals surface area contributed by atoms with E-state index in [-0.39, 0.29) is 12.1 Å². The van der Waals surface area contributed by atoms with Crippen molar-refractivity contribution in [1.29, 1.82) is 0 Å². The molecule has 4 nitrogen and oxygen atoms in total. The number of benzene rings is 1. The quantitative estimate of drug-likeness (QED) is 0.888. The molecule has 0 spiro atoms. The molecule has 4 heteroatoms. The zero-order valence-corrected chi connectivity index (χ0v) is 12.8. The fraction of sp³-hybridized carbons (Fsp3) is 0.588. The highest BCUT2D eigenvalue weighted by Gasteiger charge is 2.42. The summed E-state index contributed by atoms with van der Waals surface area (Å²) in [5.74, 6) is 3.13. The molecule has 0 unspecified atom stereocenters. The van der Waals surface area contributed by atoms with Gasteiger partial charge < -0.3 is 15.4 Å².